The molecule has 1 aromatic carbocycles. The van der Waals surface area contributed by atoms with Crippen LogP contribution in [0.25, 0.3) is 22.4 Å². The number of primary amides is 1. The van der Waals surface area contributed by atoms with Gasteiger partial charge in [0.25, 0.3) is 11.9 Å². The third-order valence-electron chi connectivity index (χ3n) is 4.85. The predicted octanol–water partition coefficient (Wildman–Crippen LogP) is 2.02. The zero-order chi connectivity index (χ0) is 19.7. The van der Waals surface area contributed by atoms with Gasteiger partial charge in [0.05, 0.1) is 24.4 Å². The van der Waals surface area contributed by atoms with Gasteiger partial charge in [0, 0.05) is 24.3 Å². The van der Waals surface area contributed by atoms with Crippen molar-refractivity contribution in [2.24, 2.45) is 5.73 Å². The van der Waals surface area contributed by atoms with Crippen molar-refractivity contribution in [2.75, 3.05) is 31.2 Å². The molecule has 1 saturated heterocycles. The molecule has 28 heavy (non-hydrogen) atoms. The molecule has 1 aliphatic heterocycles. The number of imidazole rings is 1. The van der Waals surface area contributed by atoms with Crippen LogP contribution in [-0.2, 0) is 9.53 Å². The molecule has 0 bridgehead atoms. The quantitative estimate of drug-likeness (QED) is 0.700. The minimum Gasteiger partial charge on any atom is -0.452 e. The molecule has 4 rings (SSSR count). The normalized spacial score (nSPS) is 15.6. The van der Waals surface area contributed by atoms with Gasteiger partial charge in [-0.2, -0.15) is 4.98 Å². The van der Waals surface area contributed by atoms with Gasteiger partial charge < -0.3 is 25.1 Å². The van der Waals surface area contributed by atoms with Crippen LogP contribution in [0.4, 0.5) is 5.69 Å². The molecule has 0 saturated carbocycles. The van der Waals surface area contributed by atoms with E-state index in [1.54, 1.807) is 6.92 Å². The summed E-state index contributed by atoms with van der Waals surface area (Å²) < 4.78 is 10.8. The number of anilines is 1. The molecule has 0 spiro atoms. The van der Waals surface area contributed by atoms with Gasteiger partial charge in [-0.3, -0.25) is 4.79 Å². The number of hydrogen-bond acceptors (Lipinski definition) is 6. The Labute approximate surface area is 162 Å². The van der Waals surface area contributed by atoms with Crippen LogP contribution in [0.1, 0.15) is 12.5 Å². The molecular formula is C20H23N5O3. The third kappa shape index (κ3) is 3.63. The van der Waals surface area contributed by atoms with Crippen molar-refractivity contribution in [3.05, 3.63) is 35.9 Å². The highest BCUT2D eigenvalue weighted by Crippen LogP contribution is 2.27. The number of carbonyl (C=O) groups excluding carboxylic acids is 1. The van der Waals surface area contributed by atoms with Crippen LogP contribution in [0, 0.1) is 6.92 Å². The standard InChI is InChI=1S/C20H23N5O3/c1-12-11-16-19(24-20(22-16)28-13(2)18(21)26)23-17(12)14-3-5-15(6-4-14)25-7-9-27-10-8-25/h3-6,11,13H,7-10H2,1-2H3,(H2,21,26)(H,22,23,24). The van der Waals surface area contributed by atoms with Crippen LogP contribution in [0.15, 0.2) is 30.3 Å². The van der Waals surface area contributed by atoms with Gasteiger partial charge in [0.15, 0.2) is 11.8 Å². The SMILES string of the molecule is Cc1cc2[nH]c(OC(C)C(N)=O)nc2nc1-c1ccc(N2CCOCC2)cc1. The number of morpholine rings is 1. The van der Waals surface area contributed by atoms with Crippen LogP contribution >= 0.6 is 0 Å². The molecular weight excluding hydrogens is 358 g/mol. The van der Waals surface area contributed by atoms with E-state index in [9.17, 15) is 4.79 Å². The summed E-state index contributed by atoms with van der Waals surface area (Å²) in [4.78, 5) is 25.6. The second-order valence-electron chi connectivity index (χ2n) is 6.88. The molecule has 3 N–H and O–H groups in total. The first-order valence-corrected chi connectivity index (χ1v) is 9.28. The molecule has 3 aromatic rings. The van der Waals surface area contributed by atoms with Crippen molar-refractivity contribution >= 4 is 22.8 Å². The summed E-state index contributed by atoms with van der Waals surface area (Å²) in [5, 5.41) is 0. The van der Waals surface area contributed by atoms with Crippen molar-refractivity contribution in [1.29, 1.82) is 0 Å². The van der Waals surface area contributed by atoms with Crippen LogP contribution in [0.2, 0.25) is 0 Å². The fraction of sp³-hybridized carbons (Fsp3) is 0.350. The van der Waals surface area contributed by atoms with E-state index in [2.05, 4.69) is 44.1 Å². The molecule has 1 amide bonds. The maximum atomic E-state index is 11.2. The van der Waals surface area contributed by atoms with Crippen LogP contribution < -0.4 is 15.4 Å². The molecule has 1 atom stereocenters. The van der Waals surface area contributed by atoms with Gasteiger partial charge in [-0.1, -0.05) is 12.1 Å². The number of nitrogens with two attached hydrogens (primary N) is 1. The number of pyridine rings is 1. The van der Waals surface area contributed by atoms with Crippen LogP contribution in [0.5, 0.6) is 6.01 Å². The summed E-state index contributed by atoms with van der Waals surface area (Å²) in [5.74, 6) is -0.550. The van der Waals surface area contributed by atoms with E-state index in [0.29, 0.717) is 5.65 Å². The second kappa shape index (κ2) is 7.47. The van der Waals surface area contributed by atoms with E-state index in [4.69, 9.17) is 15.2 Å². The molecule has 1 aliphatic rings. The van der Waals surface area contributed by atoms with E-state index in [1.807, 2.05) is 13.0 Å². The number of nitrogens with zero attached hydrogens (tertiary/aromatic N) is 3. The minimum absolute atomic E-state index is 0.230. The Balaban J connectivity index is 1.61. The van der Waals surface area contributed by atoms with Crippen molar-refractivity contribution < 1.29 is 14.3 Å². The summed E-state index contributed by atoms with van der Waals surface area (Å²) in [5.41, 5.74) is 10.6. The van der Waals surface area contributed by atoms with E-state index < -0.39 is 12.0 Å². The number of benzene rings is 1. The van der Waals surface area contributed by atoms with Gasteiger partial charge in [-0.15, -0.1) is 0 Å². The number of aryl methyl sites for hydroxylation is 1. The smallest absolute Gasteiger partial charge is 0.296 e. The number of carbonyl (C=O) groups is 1. The largest absolute Gasteiger partial charge is 0.452 e. The van der Waals surface area contributed by atoms with Crippen LogP contribution in [0.3, 0.4) is 0 Å². The van der Waals surface area contributed by atoms with Crippen molar-refractivity contribution in [1.82, 2.24) is 15.0 Å². The number of ether oxygens (including phenoxy) is 2. The van der Waals surface area contributed by atoms with Gasteiger partial charge in [-0.05, 0) is 37.6 Å². The molecule has 2 aromatic heterocycles. The second-order valence-corrected chi connectivity index (χ2v) is 6.88. The van der Waals surface area contributed by atoms with Gasteiger partial charge in [0.1, 0.15) is 0 Å². The maximum absolute atomic E-state index is 11.2. The van der Waals surface area contributed by atoms with E-state index >= 15 is 0 Å². The number of nitrogens with one attached hydrogen (secondary N) is 1. The fourth-order valence-corrected chi connectivity index (χ4v) is 3.25. The van der Waals surface area contributed by atoms with Crippen molar-refractivity contribution in [3.63, 3.8) is 0 Å². The lowest BCUT2D eigenvalue weighted by atomic mass is 10.1. The average molecular weight is 381 g/mol. The zero-order valence-corrected chi connectivity index (χ0v) is 15.9. The lowest BCUT2D eigenvalue weighted by molar-refractivity contribution is -0.124. The summed E-state index contributed by atoms with van der Waals surface area (Å²) in [6, 6.07) is 10.6. The molecule has 1 unspecified atom stereocenters. The molecule has 1 fully saturated rings. The van der Waals surface area contributed by atoms with Crippen LogP contribution in [-0.4, -0.2) is 53.3 Å². The lowest BCUT2D eigenvalue weighted by Gasteiger charge is -2.28. The first-order chi connectivity index (χ1) is 13.5. The van der Waals surface area contributed by atoms with Gasteiger partial charge in [0.2, 0.25) is 0 Å². The number of H-pyrrole nitrogens is 1. The Morgan fingerprint density at radius 2 is 1.96 bits per heavy atom. The Kier molecular flexibility index (Phi) is 4.87. The fourth-order valence-electron chi connectivity index (χ4n) is 3.25. The molecule has 146 valence electrons. The predicted molar refractivity (Wildman–Crippen MR) is 106 cm³/mol. The maximum Gasteiger partial charge on any atom is 0.296 e. The average Bonchev–Trinajstić information content (AvgIpc) is 3.09. The molecule has 8 nitrogen and oxygen atoms in total. The summed E-state index contributed by atoms with van der Waals surface area (Å²) in [6.45, 7) is 6.92. The number of hydrogen-bond donors (Lipinski definition) is 2. The number of aromatic amines is 1. The highest BCUT2D eigenvalue weighted by molar-refractivity contribution is 5.80. The highest BCUT2D eigenvalue weighted by atomic mass is 16.5. The number of aromatic nitrogens is 3. The van der Waals surface area contributed by atoms with E-state index in [1.165, 1.54) is 5.69 Å². The summed E-state index contributed by atoms with van der Waals surface area (Å²) in [7, 11) is 0. The lowest BCUT2D eigenvalue weighted by Crippen LogP contribution is -2.36. The van der Waals surface area contributed by atoms with Gasteiger partial charge in [-0.25, -0.2) is 4.98 Å². The molecule has 8 heteroatoms. The topological polar surface area (TPSA) is 106 Å². The summed E-state index contributed by atoms with van der Waals surface area (Å²) >= 11 is 0. The zero-order valence-electron chi connectivity index (χ0n) is 15.9. The third-order valence-corrected chi connectivity index (χ3v) is 4.85. The summed E-state index contributed by atoms with van der Waals surface area (Å²) in [6.07, 6.45) is -0.770. The molecule has 0 radical (unpaired) electrons. The number of rotatable bonds is 5. The Morgan fingerprint density at radius 3 is 2.64 bits per heavy atom. The van der Waals surface area contributed by atoms with E-state index in [-0.39, 0.29) is 6.01 Å². The highest BCUT2D eigenvalue weighted by Gasteiger charge is 2.16. The first-order valence-electron chi connectivity index (χ1n) is 9.28. The Bertz CT molecular complexity index is 993. The van der Waals surface area contributed by atoms with E-state index in [0.717, 1.165) is 48.6 Å². The van der Waals surface area contributed by atoms with Gasteiger partial charge >= 0.3 is 0 Å². The first kappa shape index (κ1) is 18.2. The minimum atomic E-state index is -0.770. The monoisotopic (exact) mass is 381 g/mol. The van der Waals surface area contributed by atoms with Crippen molar-refractivity contribution in [3.8, 4) is 17.3 Å². The van der Waals surface area contributed by atoms with Crippen molar-refractivity contribution in [2.45, 2.75) is 20.0 Å². The number of amides is 1. The number of fused-ring (bicyclic) bond motifs is 1. The molecule has 3 heterocycles. The molecule has 0 aliphatic carbocycles. The Morgan fingerprint density at radius 1 is 1.25 bits per heavy atom. The Hall–Kier alpha value is -3.13.